The quantitative estimate of drug-likeness (QED) is 0.811. The van der Waals surface area contributed by atoms with E-state index >= 15 is 0 Å². The maximum atomic E-state index is 13.1. The highest BCUT2D eigenvalue weighted by molar-refractivity contribution is 5.85. The lowest BCUT2D eigenvalue weighted by Gasteiger charge is -2.20. The second kappa shape index (κ2) is 7.81. The molecular weight excluding hydrogens is 298 g/mol. The summed E-state index contributed by atoms with van der Waals surface area (Å²) in [6, 6.07) is 1.61. The molecule has 3 N–H and O–H groups in total. The predicted octanol–water partition coefficient (Wildman–Crippen LogP) is 3.82. The van der Waals surface area contributed by atoms with E-state index in [1.54, 1.807) is 0 Å². The van der Waals surface area contributed by atoms with Crippen molar-refractivity contribution >= 4 is 12.4 Å². The fourth-order valence-electron chi connectivity index (χ4n) is 1.78. The van der Waals surface area contributed by atoms with Gasteiger partial charge in [-0.2, -0.15) is 13.2 Å². The first kappa shape index (κ1) is 19.1. The van der Waals surface area contributed by atoms with Crippen LogP contribution in [0.25, 0.3) is 0 Å². The van der Waals surface area contributed by atoms with Crippen molar-refractivity contribution in [1.29, 1.82) is 0 Å². The van der Waals surface area contributed by atoms with E-state index in [-0.39, 0.29) is 18.0 Å². The molecule has 116 valence electrons. The molecule has 1 rings (SSSR count). The molecule has 0 heterocycles. The lowest BCUT2D eigenvalue weighted by atomic mass is 9.96. The van der Waals surface area contributed by atoms with E-state index < -0.39 is 29.7 Å². The fourth-order valence-corrected chi connectivity index (χ4v) is 1.78. The van der Waals surface area contributed by atoms with Crippen molar-refractivity contribution in [2.24, 2.45) is 5.73 Å². The van der Waals surface area contributed by atoms with Gasteiger partial charge in [-0.3, -0.25) is 0 Å². The molecule has 0 saturated carbocycles. The Morgan fingerprint density at radius 3 is 2.40 bits per heavy atom. The molecule has 1 aromatic carbocycles. The molecule has 0 saturated heterocycles. The Labute approximate surface area is 121 Å². The second-order valence-corrected chi connectivity index (χ2v) is 4.47. The number of aliphatic hydroxyl groups is 1. The zero-order valence-electron chi connectivity index (χ0n) is 11.0. The summed E-state index contributed by atoms with van der Waals surface area (Å²) in [5.41, 5.74) is 4.42. The average molecular weight is 316 g/mol. The molecule has 0 unspecified atom stereocenters. The van der Waals surface area contributed by atoms with E-state index in [0.717, 1.165) is 18.9 Å². The van der Waals surface area contributed by atoms with Crippen molar-refractivity contribution < 1.29 is 22.7 Å². The van der Waals surface area contributed by atoms with Gasteiger partial charge in [-0.15, -0.1) is 12.4 Å². The largest absolute Gasteiger partial charge is 0.419 e. The lowest BCUT2D eigenvalue weighted by molar-refractivity contribution is -0.140. The first-order chi connectivity index (χ1) is 8.77. The number of nitrogens with two attached hydrogens (primary N) is 1. The van der Waals surface area contributed by atoms with Gasteiger partial charge in [0.25, 0.3) is 0 Å². The summed E-state index contributed by atoms with van der Waals surface area (Å²) < 4.78 is 50.8. The van der Waals surface area contributed by atoms with Gasteiger partial charge in [-0.25, -0.2) is 4.39 Å². The molecule has 0 aliphatic rings. The minimum absolute atomic E-state index is 0. The van der Waals surface area contributed by atoms with Crippen LogP contribution in [0.2, 0.25) is 0 Å². The van der Waals surface area contributed by atoms with Crippen LogP contribution in [-0.2, 0) is 6.18 Å². The topological polar surface area (TPSA) is 46.2 Å². The van der Waals surface area contributed by atoms with Crippen LogP contribution in [0.5, 0.6) is 0 Å². The molecule has 0 bridgehead atoms. The fraction of sp³-hybridized carbons (Fsp3) is 0.538. The normalized spacial score (nSPS) is 14.6. The highest BCUT2D eigenvalue weighted by Crippen LogP contribution is 2.33. The van der Waals surface area contributed by atoms with E-state index in [1.807, 2.05) is 6.92 Å². The summed E-state index contributed by atoms with van der Waals surface area (Å²) >= 11 is 0. The van der Waals surface area contributed by atoms with Crippen LogP contribution in [-0.4, -0.2) is 11.2 Å². The van der Waals surface area contributed by atoms with Crippen molar-refractivity contribution in [2.75, 3.05) is 0 Å². The third-order valence-electron chi connectivity index (χ3n) is 2.95. The standard InChI is InChI=1S/C13H17F4NO.ClH/c1-2-3-4-11(19)12(18)8-5-6-10(14)9(7-8)13(15,16)17;/h5-7,11-12,19H,2-4,18H2,1H3;1H/t11-,12+;/m0./s1. The van der Waals surface area contributed by atoms with Gasteiger partial charge in [-0.05, 0) is 24.1 Å². The molecule has 0 amide bonds. The number of alkyl halides is 3. The Morgan fingerprint density at radius 2 is 1.90 bits per heavy atom. The molecule has 0 aromatic heterocycles. The van der Waals surface area contributed by atoms with E-state index in [2.05, 4.69) is 0 Å². The van der Waals surface area contributed by atoms with Crippen LogP contribution >= 0.6 is 12.4 Å². The maximum absolute atomic E-state index is 13.1. The molecule has 1 aromatic rings. The maximum Gasteiger partial charge on any atom is 0.419 e. The van der Waals surface area contributed by atoms with Crippen LogP contribution < -0.4 is 5.73 Å². The van der Waals surface area contributed by atoms with Gasteiger partial charge < -0.3 is 10.8 Å². The van der Waals surface area contributed by atoms with Crippen molar-refractivity contribution in [1.82, 2.24) is 0 Å². The third kappa shape index (κ3) is 4.92. The Bertz CT molecular complexity index is 425. The molecule has 0 aliphatic heterocycles. The molecule has 0 radical (unpaired) electrons. The Hall–Kier alpha value is -0.850. The summed E-state index contributed by atoms with van der Waals surface area (Å²) in [6.07, 6.45) is -3.74. The number of unbranched alkanes of at least 4 members (excludes halogenated alkanes) is 1. The van der Waals surface area contributed by atoms with E-state index in [1.165, 1.54) is 6.07 Å². The van der Waals surface area contributed by atoms with Gasteiger partial charge in [0.2, 0.25) is 0 Å². The lowest BCUT2D eigenvalue weighted by Crippen LogP contribution is -2.26. The molecule has 0 fully saturated rings. The first-order valence-corrected chi connectivity index (χ1v) is 6.07. The number of aliphatic hydroxyl groups excluding tert-OH is 1. The highest BCUT2D eigenvalue weighted by atomic mass is 35.5. The van der Waals surface area contributed by atoms with Gasteiger partial charge >= 0.3 is 6.18 Å². The Balaban J connectivity index is 0.00000361. The Kier molecular flexibility index (Phi) is 7.47. The molecule has 0 aliphatic carbocycles. The number of hydrogen-bond donors (Lipinski definition) is 2. The van der Waals surface area contributed by atoms with Gasteiger partial charge in [-0.1, -0.05) is 25.8 Å². The monoisotopic (exact) mass is 315 g/mol. The first-order valence-electron chi connectivity index (χ1n) is 6.07. The minimum atomic E-state index is -4.77. The highest BCUT2D eigenvalue weighted by Gasteiger charge is 2.34. The van der Waals surface area contributed by atoms with E-state index in [9.17, 15) is 22.7 Å². The molecule has 2 atom stereocenters. The van der Waals surface area contributed by atoms with Gasteiger partial charge in [0, 0.05) is 0 Å². The SMILES string of the molecule is CCCC[C@H](O)[C@H](N)c1ccc(F)c(C(F)(F)F)c1.Cl. The summed E-state index contributed by atoms with van der Waals surface area (Å²) in [5, 5.41) is 9.77. The van der Waals surface area contributed by atoms with E-state index in [4.69, 9.17) is 5.73 Å². The third-order valence-corrected chi connectivity index (χ3v) is 2.95. The molecule has 2 nitrogen and oxygen atoms in total. The molecular formula is C13H18ClF4NO. The number of halogens is 5. The summed E-state index contributed by atoms with van der Waals surface area (Å²) in [4.78, 5) is 0. The van der Waals surface area contributed by atoms with Crippen molar-refractivity contribution in [3.8, 4) is 0 Å². The predicted molar refractivity (Wildman–Crippen MR) is 71.1 cm³/mol. The number of rotatable bonds is 5. The molecule has 20 heavy (non-hydrogen) atoms. The number of hydrogen-bond acceptors (Lipinski definition) is 2. The zero-order chi connectivity index (χ0) is 14.6. The van der Waals surface area contributed by atoms with Crippen LogP contribution in [0.4, 0.5) is 17.6 Å². The van der Waals surface area contributed by atoms with Gasteiger partial charge in [0.15, 0.2) is 0 Å². The van der Waals surface area contributed by atoms with Gasteiger partial charge in [0.1, 0.15) is 5.82 Å². The van der Waals surface area contributed by atoms with Crippen molar-refractivity contribution in [3.63, 3.8) is 0 Å². The Morgan fingerprint density at radius 1 is 1.30 bits per heavy atom. The van der Waals surface area contributed by atoms with Crippen molar-refractivity contribution in [3.05, 3.63) is 35.1 Å². The smallest absolute Gasteiger partial charge is 0.391 e. The number of benzene rings is 1. The van der Waals surface area contributed by atoms with Crippen LogP contribution in [0.3, 0.4) is 0 Å². The van der Waals surface area contributed by atoms with Gasteiger partial charge in [0.05, 0.1) is 17.7 Å². The van der Waals surface area contributed by atoms with Crippen molar-refractivity contribution in [2.45, 2.75) is 44.5 Å². The minimum Gasteiger partial charge on any atom is -0.391 e. The summed E-state index contributed by atoms with van der Waals surface area (Å²) in [7, 11) is 0. The molecule has 7 heteroatoms. The zero-order valence-corrected chi connectivity index (χ0v) is 11.8. The molecule has 0 spiro atoms. The van der Waals surface area contributed by atoms with E-state index in [0.29, 0.717) is 12.5 Å². The second-order valence-electron chi connectivity index (χ2n) is 4.47. The summed E-state index contributed by atoms with van der Waals surface area (Å²) in [5.74, 6) is -1.34. The average Bonchev–Trinajstić information content (AvgIpc) is 2.34. The van der Waals surface area contributed by atoms with Crippen LogP contribution in [0.15, 0.2) is 18.2 Å². The van der Waals surface area contributed by atoms with Crippen LogP contribution in [0, 0.1) is 5.82 Å². The summed E-state index contributed by atoms with van der Waals surface area (Å²) in [6.45, 7) is 1.93. The van der Waals surface area contributed by atoms with Crippen LogP contribution in [0.1, 0.15) is 43.4 Å².